The number of nitrogens with zero attached hydrogens (tertiary/aromatic N) is 1. The Labute approximate surface area is 150 Å². The van der Waals surface area contributed by atoms with Crippen molar-refractivity contribution < 1.29 is 19.0 Å². The summed E-state index contributed by atoms with van der Waals surface area (Å²) in [5, 5.41) is 0.930. The molecule has 6 heteroatoms. The van der Waals surface area contributed by atoms with Crippen LogP contribution in [0.3, 0.4) is 0 Å². The largest absolute Gasteiger partial charge is 0.497 e. The number of fused-ring (bicyclic) bond motifs is 1. The number of hydrogen-bond donors (Lipinski definition) is 0. The molecule has 0 amide bonds. The topological polar surface area (TPSA) is 57.7 Å². The summed E-state index contributed by atoms with van der Waals surface area (Å²) in [4.78, 5) is 16.8. The monoisotopic (exact) mass is 357 g/mol. The zero-order valence-electron chi connectivity index (χ0n) is 13.8. The van der Waals surface area contributed by atoms with Crippen molar-refractivity contribution >= 4 is 28.5 Å². The van der Waals surface area contributed by atoms with Gasteiger partial charge in [-0.1, -0.05) is 29.8 Å². The number of methoxy groups -OCH3 is 2. The van der Waals surface area contributed by atoms with Crippen molar-refractivity contribution in [1.82, 2.24) is 4.98 Å². The summed E-state index contributed by atoms with van der Waals surface area (Å²) in [6, 6.07) is 14.1. The van der Waals surface area contributed by atoms with Crippen LogP contribution in [0.5, 0.6) is 11.5 Å². The smallest absolute Gasteiger partial charge is 0.339 e. The Morgan fingerprint density at radius 1 is 1.08 bits per heavy atom. The Balaban J connectivity index is 1.87. The Morgan fingerprint density at radius 3 is 2.64 bits per heavy atom. The van der Waals surface area contributed by atoms with E-state index < -0.39 is 5.97 Å². The molecule has 1 heterocycles. The fourth-order valence-corrected chi connectivity index (χ4v) is 2.73. The van der Waals surface area contributed by atoms with Crippen LogP contribution in [-0.4, -0.2) is 25.2 Å². The molecule has 0 aliphatic rings. The van der Waals surface area contributed by atoms with E-state index in [1.54, 1.807) is 44.6 Å². The number of carbonyl (C=O) groups is 1. The molecule has 0 atom stereocenters. The Hall–Kier alpha value is -2.79. The second-order valence-corrected chi connectivity index (χ2v) is 5.65. The Morgan fingerprint density at radius 2 is 1.88 bits per heavy atom. The van der Waals surface area contributed by atoms with Crippen LogP contribution in [0.2, 0.25) is 5.15 Å². The van der Waals surface area contributed by atoms with Crippen molar-refractivity contribution in [2.45, 2.75) is 6.61 Å². The number of hydrogen-bond acceptors (Lipinski definition) is 5. The zero-order valence-corrected chi connectivity index (χ0v) is 14.5. The lowest BCUT2D eigenvalue weighted by Crippen LogP contribution is -2.07. The predicted octanol–water partition coefficient (Wildman–Crippen LogP) is 4.26. The van der Waals surface area contributed by atoms with Crippen LogP contribution in [0.4, 0.5) is 0 Å². The molecule has 2 aromatic carbocycles. The van der Waals surface area contributed by atoms with Crippen LogP contribution in [0.15, 0.2) is 48.5 Å². The average Bonchev–Trinajstić information content (AvgIpc) is 2.65. The molecular formula is C19H16ClNO4. The molecule has 0 bridgehead atoms. The number of aromatic nitrogens is 1. The molecule has 5 nitrogen and oxygen atoms in total. The average molecular weight is 358 g/mol. The molecule has 0 fully saturated rings. The number of esters is 1. The van der Waals surface area contributed by atoms with E-state index in [9.17, 15) is 4.79 Å². The van der Waals surface area contributed by atoms with E-state index in [1.807, 2.05) is 12.1 Å². The van der Waals surface area contributed by atoms with Crippen LogP contribution in [-0.2, 0) is 11.3 Å². The first kappa shape index (κ1) is 17.0. The van der Waals surface area contributed by atoms with Crippen LogP contribution in [0, 0.1) is 0 Å². The summed E-state index contributed by atoms with van der Waals surface area (Å²) in [5.41, 5.74) is 1.72. The molecule has 0 saturated carbocycles. The van der Waals surface area contributed by atoms with E-state index in [-0.39, 0.29) is 11.8 Å². The highest BCUT2D eigenvalue weighted by Gasteiger charge is 2.15. The van der Waals surface area contributed by atoms with E-state index in [4.69, 9.17) is 25.8 Å². The number of benzene rings is 2. The summed E-state index contributed by atoms with van der Waals surface area (Å²) in [7, 11) is 3.13. The zero-order chi connectivity index (χ0) is 17.8. The molecule has 0 saturated heterocycles. The summed E-state index contributed by atoms with van der Waals surface area (Å²) in [6.07, 6.45) is 0. The maximum atomic E-state index is 12.6. The molecule has 3 rings (SSSR count). The predicted molar refractivity (Wildman–Crippen MR) is 95.4 cm³/mol. The van der Waals surface area contributed by atoms with Crippen LogP contribution in [0.25, 0.3) is 10.9 Å². The van der Waals surface area contributed by atoms with Crippen LogP contribution < -0.4 is 9.47 Å². The van der Waals surface area contributed by atoms with E-state index in [0.29, 0.717) is 33.5 Å². The summed E-state index contributed by atoms with van der Waals surface area (Å²) in [6.45, 7) is 0.0491. The quantitative estimate of drug-likeness (QED) is 0.504. The van der Waals surface area contributed by atoms with Gasteiger partial charge in [0.15, 0.2) is 0 Å². The third kappa shape index (κ3) is 3.67. The van der Waals surface area contributed by atoms with Gasteiger partial charge in [-0.25, -0.2) is 9.78 Å². The van der Waals surface area contributed by atoms with Gasteiger partial charge in [-0.15, -0.1) is 0 Å². The lowest BCUT2D eigenvalue weighted by Gasteiger charge is -2.12. The number of halogens is 1. The van der Waals surface area contributed by atoms with Crippen LogP contribution >= 0.6 is 11.6 Å². The van der Waals surface area contributed by atoms with Crippen molar-refractivity contribution in [2.75, 3.05) is 14.2 Å². The van der Waals surface area contributed by atoms with Crippen molar-refractivity contribution in [3.63, 3.8) is 0 Å². The van der Waals surface area contributed by atoms with E-state index in [1.165, 1.54) is 6.07 Å². The van der Waals surface area contributed by atoms with Gasteiger partial charge in [-0.05, 0) is 30.3 Å². The number of pyridine rings is 1. The van der Waals surface area contributed by atoms with E-state index >= 15 is 0 Å². The minimum absolute atomic E-state index is 0.0491. The maximum Gasteiger partial charge on any atom is 0.339 e. The van der Waals surface area contributed by atoms with Crippen molar-refractivity contribution in [3.05, 3.63) is 64.8 Å². The molecule has 0 N–H and O–H groups in total. The van der Waals surface area contributed by atoms with Gasteiger partial charge in [0.25, 0.3) is 0 Å². The molecule has 128 valence electrons. The van der Waals surface area contributed by atoms with Gasteiger partial charge >= 0.3 is 5.97 Å². The molecule has 3 aromatic rings. The third-order valence-electron chi connectivity index (χ3n) is 3.75. The Kier molecular flexibility index (Phi) is 5.05. The first-order valence-corrected chi connectivity index (χ1v) is 7.93. The second-order valence-electron chi connectivity index (χ2n) is 5.26. The molecule has 0 unspecified atom stereocenters. The first-order valence-electron chi connectivity index (χ1n) is 7.55. The number of ether oxygens (including phenoxy) is 3. The molecule has 0 aliphatic heterocycles. The lowest BCUT2D eigenvalue weighted by atomic mass is 10.1. The number of rotatable bonds is 5. The highest BCUT2D eigenvalue weighted by Crippen LogP contribution is 2.26. The van der Waals surface area contributed by atoms with Gasteiger partial charge in [0.2, 0.25) is 0 Å². The minimum Gasteiger partial charge on any atom is -0.497 e. The summed E-state index contributed by atoms with van der Waals surface area (Å²) >= 11 is 6.02. The highest BCUT2D eigenvalue weighted by atomic mass is 35.5. The number of para-hydroxylation sites is 1. The molecule has 1 aromatic heterocycles. The fourth-order valence-electron chi connectivity index (χ4n) is 2.53. The highest BCUT2D eigenvalue weighted by molar-refractivity contribution is 6.30. The summed E-state index contributed by atoms with van der Waals surface area (Å²) < 4.78 is 15.9. The van der Waals surface area contributed by atoms with Gasteiger partial charge in [-0.2, -0.15) is 0 Å². The SMILES string of the molecule is COc1ccc(OC)c(COC(=O)c2cc(Cl)nc3ccccc23)c1. The van der Waals surface area contributed by atoms with E-state index in [0.717, 1.165) is 0 Å². The number of carbonyl (C=O) groups excluding carboxylic acids is 1. The summed E-state index contributed by atoms with van der Waals surface area (Å²) in [5.74, 6) is 0.792. The maximum absolute atomic E-state index is 12.6. The van der Waals surface area contributed by atoms with Gasteiger partial charge in [0.05, 0.1) is 25.3 Å². The standard InChI is InChI=1S/C19H16ClNO4/c1-23-13-7-8-17(24-2)12(9-13)11-25-19(22)15-10-18(20)21-16-6-4-3-5-14(15)16/h3-10H,11H2,1-2H3. The molecular weight excluding hydrogens is 342 g/mol. The van der Waals surface area contributed by atoms with Gasteiger partial charge in [-0.3, -0.25) is 0 Å². The second kappa shape index (κ2) is 7.40. The normalized spacial score (nSPS) is 10.5. The molecule has 0 aliphatic carbocycles. The van der Waals surface area contributed by atoms with Crippen molar-refractivity contribution in [3.8, 4) is 11.5 Å². The minimum atomic E-state index is -0.481. The van der Waals surface area contributed by atoms with Gasteiger partial charge in [0, 0.05) is 10.9 Å². The third-order valence-corrected chi connectivity index (χ3v) is 3.94. The molecule has 25 heavy (non-hydrogen) atoms. The molecule has 0 spiro atoms. The Bertz CT molecular complexity index is 926. The molecule has 0 radical (unpaired) electrons. The van der Waals surface area contributed by atoms with E-state index in [2.05, 4.69) is 4.98 Å². The van der Waals surface area contributed by atoms with Gasteiger partial charge < -0.3 is 14.2 Å². The fraction of sp³-hybridized carbons (Fsp3) is 0.158. The van der Waals surface area contributed by atoms with Crippen molar-refractivity contribution in [1.29, 1.82) is 0 Å². The lowest BCUT2D eigenvalue weighted by molar-refractivity contribution is 0.0472. The van der Waals surface area contributed by atoms with Crippen LogP contribution in [0.1, 0.15) is 15.9 Å². The van der Waals surface area contributed by atoms with Gasteiger partial charge in [0.1, 0.15) is 23.3 Å². The van der Waals surface area contributed by atoms with Crippen molar-refractivity contribution in [2.24, 2.45) is 0 Å². The first-order chi connectivity index (χ1) is 12.1.